The Bertz CT molecular complexity index is 953. The molecule has 33 heavy (non-hydrogen) atoms. The van der Waals surface area contributed by atoms with Gasteiger partial charge in [0.2, 0.25) is 5.91 Å². The van der Waals surface area contributed by atoms with Crippen molar-refractivity contribution < 1.29 is 22.7 Å². The Balaban J connectivity index is 1.25. The molecule has 0 radical (unpaired) electrons. The fraction of sp³-hybridized carbons (Fsp3) is 0.458. The number of nitrogens with zero attached hydrogens (tertiary/aromatic N) is 4. The van der Waals surface area contributed by atoms with Crippen LogP contribution < -0.4 is 14.5 Å². The molecule has 6 nitrogen and oxygen atoms in total. The molecule has 9 heteroatoms. The summed E-state index contributed by atoms with van der Waals surface area (Å²) >= 11 is 0. The van der Waals surface area contributed by atoms with Crippen LogP contribution in [0.5, 0.6) is 5.75 Å². The van der Waals surface area contributed by atoms with Gasteiger partial charge < -0.3 is 19.4 Å². The predicted molar refractivity (Wildman–Crippen MR) is 122 cm³/mol. The zero-order valence-electron chi connectivity index (χ0n) is 18.7. The van der Waals surface area contributed by atoms with E-state index in [0.29, 0.717) is 51.5 Å². The Morgan fingerprint density at radius 1 is 0.879 bits per heavy atom. The molecule has 178 valence electrons. The van der Waals surface area contributed by atoms with Gasteiger partial charge in [-0.1, -0.05) is 18.2 Å². The molecule has 0 aromatic heterocycles. The van der Waals surface area contributed by atoms with Gasteiger partial charge in [-0.25, -0.2) is 0 Å². The van der Waals surface area contributed by atoms with Gasteiger partial charge in [0.05, 0.1) is 24.9 Å². The van der Waals surface area contributed by atoms with Crippen LogP contribution in [0.1, 0.15) is 5.56 Å². The summed E-state index contributed by atoms with van der Waals surface area (Å²) < 4.78 is 44.4. The molecule has 0 bridgehead atoms. The highest BCUT2D eigenvalue weighted by Crippen LogP contribution is 2.32. The maximum Gasteiger partial charge on any atom is 0.416 e. The molecule has 2 heterocycles. The van der Waals surface area contributed by atoms with Crippen molar-refractivity contribution in [1.29, 1.82) is 0 Å². The summed E-state index contributed by atoms with van der Waals surface area (Å²) in [6.45, 7) is 5.61. The molecule has 2 aliphatic heterocycles. The third kappa shape index (κ3) is 5.52. The maximum atomic E-state index is 13.0. The first-order chi connectivity index (χ1) is 15.8. The van der Waals surface area contributed by atoms with Crippen molar-refractivity contribution in [1.82, 2.24) is 9.80 Å². The highest BCUT2D eigenvalue weighted by molar-refractivity contribution is 5.78. The first-order valence-corrected chi connectivity index (χ1v) is 11.2. The predicted octanol–water partition coefficient (Wildman–Crippen LogP) is 3.18. The van der Waals surface area contributed by atoms with E-state index in [-0.39, 0.29) is 5.91 Å². The molecular formula is C24H29F3N4O2. The lowest BCUT2D eigenvalue weighted by molar-refractivity contribution is -0.137. The molecule has 0 spiro atoms. The number of carbonyl (C=O) groups excluding carboxylic acids is 1. The van der Waals surface area contributed by atoms with E-state index in [1.165, 1.54) is 12.1 Å². The van der Waals surface area contributed by atoms with Crippen LogP contribution in [0, 0.1) is 0 Å². The highest BCUT2D eigenvalue weighted by atomic mass is 19.4. The van der Waals surface area contributed by atoms with Gasteiger partial charge in [0.25, 0.3) is 0 Å². The normalized spacial score (nSPS) is 17.9. The van der Waals surface area contributed by atoms with Gasteiger partial charge in [-0.05, 0) is 30.3 Å². The van der Waals surface area contributed by atoms with Crippen molar-refractivity contribution >= 4 is 17.3 Å². The first-order valence-electron chi connectivity index (χ1n) is 11.2. The number of carbonyl (C=O) groups is 1. The quantitative estimate of drug-likeness (QED) is 0.683. The van der Waals surface area contributed by atoms with Crippen LogP contribution in [0.15, 0.2) is 48.5 Å². The van der Waals surface area contributed by atoms with E-state index in [2.05, 4.69) is 9.80 Å². The number of piperazine rings is 2. The van der Waals surface area contributed by atoms with Crippen LogP contribution >= 0.6 is 0 Å². The number of para-hydroxylation sites is 2. The van der Waals surface area contributed by atoms with Gasteiger partial charge in [0, 0.05) is 58.0 Å². The van der Waals surface area contributed by atoms with Crippen molar-refractivity contribution in [2.45, 2.75) is 6.18 Å². The highest BCUT2D eigenvalue weighted by Gasteiger charge is 2.31. The minimum atomic E-state index is -4.35. The number of amides is 1. The Hall–Kier alpha value is -2.94. The molecule has 4 rings (SSSR count). The number of rotatable bonds is 5. The van der Waals surface area contributed by atoms with Crippen LogP contribution in [0.4, 0.5) is 24.5 Å². The zero-order valence-corrected chi connectivity index (χ0v) is 18.7. The first kappa shape index (κ1) is 23.2. The minimum Gasteiger partial charge on any atom is -0.495 e. The van der Waals surface area contributed by atoms with Crippen LogP contribution in [-0.4, -0.2) is 81.7 Å². The van der Waals surface area contributed by atoms with Crippen molar-refractivity contribution in [3.8, 4) is 5.75 Å². The molecule has 0 aliphatic carbocycles. The number of hydrogen-bond acceptors (Lipinski definition) is 5. The van der Waals surface area contributed by atoms with Crippen molar-refractivity contribution in [3.63, 3.8) is 0 Å². The Kier molecular flexibility index (Phi) is 6.97. The van der Waals surface area contributed by atoms with Gasteiger partial charge in [-0.3, -0.25) is 9.69 Å². The molecular weight excluding hydrogens is 433 g/mol. The van der Waals surface area contributed by atoms with E-state index in [1.807, 2.05) is 34.1 Å². The van der Waals surface area contributed by atoms with Gasteiger partial charge in [-0.2, -0.15) is 13.2 Å². The number of hydrogen-bond donors (Lipinski definition) is 0. The van der Waals surface area contributed by atoms with E-state index >= 15 is 0 Å². The molecule has 0 atom stereocenters. The lowest BCUT2D eigenvalue weighted by Gasteiger charge is -2.39. The standard InChI is InChI=1S/C24H29F3N4O2/c1-33-22-8-3-2-7-21(22)30-13-15-31(16-14-30)23(32)18-28-9-11-29(12-10-28)20-6-4-5-19(17-20)24(25,26)27/h2-8,17H,9-16,18H2,1H3. The molecule has 1 amide bonds. The summed E-state index contributed by atoms with van der Waals surface area (Å²) in [7, 11) is 1.66. The Morgan fingerprint density at radius 2 is 1.55 bits per heavy atom. The zero-order chi connectivity index (χ0) is 23.4. The number of halogens is 3. The van der Waals surface area contributed by atoms with Gasteiger partial charge in [0.15, 0.2) is 0 Å². The van der Waals surface area contributed by atoms with E-state index in [0.717, 1.165) is 30.6 Å². The third-order valence-corrected chi connectivity index (χ3v) is 6.33. The molecule has 2 fully saturated rings. The smallest absolute Gasteiger partial charge is 0.416 e. The molecule has 2 aliphatic rings. The van der Waals surface area contributed by atoms with E-state index in [9.17, 15) is 18.0 Å². The molecule has 0 saturated carbocycles. The maximum absolute atomic E-state index is 13.0. The SMILES string of the molecule is COc1ccccc1N1CCN(C(=O)CN2CCN(c3cccc(C(F)(F)F)c3)CC2)CC1. The van der Waals surface area contributed by atoms with Crippen LogP contribution in [0.2, 0.25) is 0 Å². The lowest BCUT2D eigenvalue weighted by atomic mass is 10.1. The summed E-state index contributed by atoms with van der Waals surface area (Å²) in [5.41, 5.74) is 0.978. The van der Waals surface area contributed by atoms with E-state index in [1.54, 1.807) is 13.2 Å². The summed E-state index contributed by atoms with van der Waals surface area (Å²) in [6, 6.07) is 13.3. The fourth-order valence-corrected chi connectivity index (χ4v) is 4.42. The second-order valence-electron chi connectivity index (χ2n) is 8.35. The molecule has 2 saturated heterocycles. The molecule has 0 unspecified atom stereocenters. The number of benzene rings is 2. The van der Waals surface area contributed by atoms with Gasteiger partial charge in [0.1, 0.15) is 5.75 Å². The molecule has 2 aromatic rings. The average Bonchev–Trinajstić information content (AvgIpc) is 2.84. The average molecular weight is 463 g/mol. The van der Waals surface area contributed by atoms with Crippen molar-refractivity contribution in [2.24, 2.45) is 0 Å². The van der Waals surface area contributed by atoms with Crippen LogP contribution in [0.3, 0.4) is 0 Å². The Labute approximate surface area is 192 Å². The number of ether oxygens (including phenoxy) is 1. The molecule has 0 N–H and O–H groups in total. The lowest BCUT2D eigenvalue weighted by Crippen LogP contribution is -2.54. The summed E-state index contributed by atoms with van der Waals surface area (Å²) in [4.78, 5) is 21.0. The van der Waals surface area contributed by atoms with Crippen LogP contribution in [-0.2, 0) is 11.0 Å². The fourth-order valence-electron chi connectivity index (χ4n) is 4.42. The summed E-state index contributed by atoms with van der Waals surface area (Å²) in [6.07, 6.45) is -4.35. The van der Waals surface area contributed by atoms with Crippen molar-refractivity contribution in [2.75, 3.05) is 75.8 Å². The topological polar surface area (TPSA) is 39.3 Å². The van der Waals surface area contributed by atoms with Gasteiger partial charge >= 0.3 is 6.18 Å². The number of anilines is 2. The second kappa shape index (κ2) is 9.91. The van der Waals surface area contributed by atoms with Crippen molar-refractivity contribution in [3.05, 3.63) is 54.1 Å². The second-order valence-corrected chi connectivity index (χ2v) is 8.35. The number of methoxy groups -OCH3 is 1. The monoisotopic (exact) mass is 462 g/mol. The Morgan fingerprint density at radius 3 is 2.21 bits per heavy atom. The van der Waals surface area contributed by atoms with Crippen LogP contribution in [0.25, 0.3) is 0 Å². The summed E-state index contributed by atoms with van der Waals surface area (Å²) in [5, 5.41) is 0. The molecule has 2 aromatic carbocycles. The largest absolute Gasteiger partial charge is 0.495 e. The number of alkyl halides is 3. The van der Waals surface area contributed by atoms with Gasteiger partial charge in [-0.15, -0.1) is 0 Å². The van der Waals surface area contributed by atoms with E-state index < -0.39 is 11.7 Å². The minimum absolute atomic E-state index is 0.0993. The summed E-state index contributed by atoms with van der Waals surface area (Å²) in [5.74, 6) is 0.929. The van der Waals surface area contributed by atoms with E-state index in [4.69, 9.17) is 4.74 Å². The third-order valence-electron chi connectivity index (χ3n) is 6.33.